The van der Waals surface area contributed by atoms with E-state index in [1.807, 2.05) is 30.3 Å². The zero-order chi connectivity index (χ0) is 16.4. The smallest absolute Gasteiger partial charge is 0.196 e. The Kier molecular flexibility index (Phi) is 4.36. The first-order valence-corrected chi connectivity index (χ1v) is 9.16. The van der Waals surface area contributed by atoms with E-state index >= 15 is 0 Å². The predicted molar refractivity (Wildman–Crippen MR) is 95.3 cm³/mol. The van der Waals surface area contributed by atoms with Gasteiger partial charge in [-0.15, -0.1) is 10.2 Å². The molecule has 1 aliphatic carbocycles. The second kappa shape index (κ2) is 6.79. The Balaban J connectivity index is 1.58. The van der Waals surface area contributed by atoms with Crippen molar-refractivity contribution in [3.05, 3.63) is 71.5 Å². The highest BCUT2D eigenvalue weighted by Crippen LogP contribution is 2.41. The van der Waals surface area contributed by atoms with Crippen LogP contribution in [0.1, 0.15) is 35.7 Å². The van der Waals surface area contributed by atoms with E-state index in [-0.39, 0.29) is 6.61 Å². The molecule has 0 amide bonds. The van der Waals surface area contributed by atoms with E-state index in [9.17, 15) is 0 Å². The van der Waals surface area contributed by atoms with Crippen molar-refractivity contribution in [2.75, 3.05) is 0 Å². The van der Waals surface area contributed by atoms with E-state index in [2.05, 4.69) is 39.0 Å². The van der Waals surface area contributed by atoms with Crippen molar-refractivity contribution in [3.63, 3.8) is 0 Å². The van der Waals surface area contributed by atoms with Gasteiger partial charge in [0.15, 0.2) is 5.16 Å². The molecule has 4 nitrogen and oxygen atoms in total. The number of benzene rings is 2. The first-order chi connectivity index (χ1) is 11.8. The van der Waals surface area contributed by atoms with Crippen LogP contribution < -0.4 is 0 Å². The Hall–Kier alpha value is -2.11. The van der Waals surface area contributed by atoms with Gasteiger partial charge in [-0.1, -0.05) is 54.2 Å². The number of aliphatic hydroxyl groups is 1. The van der Waals surface area contributed by atoms with Gasteiger partial charge in [0.1, 0.15) is 5.82 Å². The van der Waals surface area contributed by atoms with Gasteiger partial charge >= 0.3 is 0 Å². The molecule has 1 fully saturated rings. The van der Waals surface area contributed by atoms with Gasteiger partial charge < -0.3 is 5.11 Å². The Morgan fingerprint density at radius 2 is 1.67 bits per heavy atom. The highest BCUT2D eigenvalue weighted by molar-refractivity contribution is 7.98. The van der Waals surface area contributed by atoms with E-state index in [4.69, 9.17) is 5.11 Å². The van der Waals surface area contributed by atoms with Crippen molar-refractivity contribution < 1.29 is 5.11 Å². The quantitative estimate of drug-likeness (QED) is 0.693. The molecular formula is C19H19N3OS. The first kappa shape index (κ1) is 15.4. The van der Waals surface area contributed by atoms with Crippen LogP contribution in [0.3, 0.4) is 0 Å². The summed E-state index contributed by atoms with van der Waals surface area (Å²) in [6.45, 7) is 0.0838. The number of aliphatic hydroxyl groups excluding tert-OH is 1. The van der Waals surface area contributed by atoms with Crippen LogP contribution in [0, 0.1) is 0 Å². The maximum absolute atomic E-state index is 9.13. The van der Waals surface area contributed by atoms with Gasteiger partial charge in [-0.25, -0.2) is 0 Å². The minimum atomic E-state index is 0.0838. The molecule has 1 aliphatic rings. The molecule has 0 spiro atoms. The molecule has 24 heavy (non-hydrogen) atoms. The fraction of sp³-hybridized carbons (Fsp3) is 0.263. The molecule has 5 heteroatoms. The van der Waals surface area contributed by atoms with Crippen molar-refractivity contribution in [1.29, 1.82) is 0 Å². The number of hydrogen-bond acceptors (Lipinski definition) is 4. The average molecular weight is 337 g/mol. The fourth-order valence-corrected chi connectivity index (χ4v) is 3.60. The van der Waals surface area contributed by atoms with Crippen molar-refractivity contribution in [1.82, 2.24) is 14.8 Å². The fourth-order valence-electron chi connectivity index (χ4n) is 2.69. The average Bonchev–Trinajstić information content (AvgIpc) is 3.40. The van der Waals surface area contributed by atoms with Crippen LogP contribution in [-0.4, -0.2) is 19.9 Å². The third-order valence-corrected chi connectivity index (χ3v) is 5.19. The van der Waals surface area contributed by atoms with Crippen LogP contribution in [0.25, 0.3) is 5.69 Å². The molecule has 0 saturated heterocycles. The Labute approximate surface area is 145 Å². The molecule has 1 N–H and O–H groups in total. The van der Waals surface area contributed by atoms with Crippen molar-refractivity contribution >= 4 is 11.8 Å². The minimum Gasteiger partial charge on any atom is -0.392 e. The Bertz CT molecular complexity index is 810. The van der Waals surface area contributed by atoms with Crippen LogP contribution in [0.2, 0.25) is 0 Å². The summed E-state index contributed by atoms with van der Waals surface area (Å²) in [7, 11) is 0. The highest BCUT2D eigenvalue weighted by atomic mass is 32.2. The number of nitrogens with zero attached hydrogens (tertiary/aromatic N) is 3. The highest BCUT2D eigenvalue weighted by Gasteiger charge is 2.30. The lowest BCUT2D eigenvalue weighted by molar-refractivity contribution is 0.282. The molecule has 0 radical (unpaired) electrons. The topological polar surface area (TPSA) is 50.9 Å². The zero-order valence-electron chi connectivity index (χ0n) is 13.3. The third-order valence-electron chi connectivity index (χ3n) is 4.19. The summed E-state index contributed by atoms with van der Waals surface area (Å²) in [6.07, 6.45) is 2.41. The number of aromatic nitrogens is 3. The summed E-state index contributed by atoms with van der Waals surface area (Å²) in [4.78, 5) is 0. The monoisotopic (exact) mass is 337 g/mol. The standard InChI is InChI=1S/C19H19N3OS/c23-12-14-6-8-15(9-7-14)13-24-19-21-20-18(16-10-11-16)22(19)17-4-2-1-3-5-17/h1-9,16,23H,10-13H2. The van der Waals surface area contributed by atoms with Gasteiger partial charge in [0.05, 0.1) is 6.61 Å². The van der Waals surface area contributed by atoms with Crippen molar-refractivity contribution in [2.24, 2.45) is 0 Å². The zero-order valence-corrected chi connectivity index (χ0v) is 14.1. The second-order valence-corrected chi connectivity index (χ2v) is 6.99. The molecule has 0 aliphatic heterocycles. The molecular weight excluding hydrogens is 318 g/mol. The summed E-state index contributed by atoms with van der Waals surface area (Å²) in [5.41, 5.74) is 3.28. The van der Waals surface area contributed by atoms with Gasteiger partial charge in [-0.3, -0.25) is 4.57 Å². The van der Waals surface area contributed by atoms with Crippen LogP contribution in [0.4, 0.5) is 0 Å². The number of rotatable bonds is 6. The lowest BCUT2D eigenvalue weighted by Gasteiger charge is -2.09. The molecule has 1 saturated carbocycles. The largest absolute Gasteiger partial charge is 0.392 e. The number of thioether (sulfide) groups is 1. The molecule has 1 heterocycles. The molecule has 3 aromatic rings. The Morgan fingerprint density at radius 3 is 2.33 bits per heavy atom. The molecule has 0 atom stereocenters. The van der Waals surface area contributed by atoms with Gasteiger partial charge in [0, 0.05) is 17.4 Å². The lowest BCUT2D eigenvalue weighted by atomic mass is 10.2. The van der Waals surface area contributed by atoms with Crippen LogP contribution in [0.5, 0.6) is 0 Å². The molecule has 122 valence electrons. The normalized spacial score (nSPS) is 14.0. The van der Waals surface area contributed by atoms with Crippen molar-refractivity contribution in [2.45, 2.75) is 36.3 Å². The first-order valence-electron chi connectivity index (χ1n) is 8.17. The van der Waals surface area contributed by atoms with Gasteiger partial charge in [-0.2, -0.15) is 0 Å². The summed E-state index contributed by atoms with van der Waals surface area (Å²) < 4.78 is 2.20. The van der Waals surface area contributed by atoms with Crippen LogP contribution in [-0.2, 0) is 12.4 Å². The lowest BCUT2D eigenvalue weighted by Crippen LogP contribution is -2.01. The maximum atomic E-state index is 9.13. The van der Waals surface area contributed by atoms with E-state index < -0.39 is 0 Å². The van der Waals surface area contributed by atoms with E-state index in [1.165, 1.54) is 18.4 Å². The summed E-state index contributed by atoms with van der Waals surface area (Å²) in [5, 5.41) is 19.0. The Morgan fingerprint density at radius 1 is 0.958 bits per heavy atom. The molecule has 0 bridgehead atoms. The summed E-state index contributed by atoms with van der Waals surface area (Å²) in [5.74, 6) is 2.47. The van der Waals surface area contributed by atoms with Crippen LogP contribution >= 0.6 is 11.8 Å². The summed E-state index contributed by atoms with van der Waals surface area (Å²) >= 11 is 1.70. The molecule has 2 aromatic carbocycles. The van der Waals surface area contributed by atoms with E-state index in [0.717, 1.165) is 28.0 Å². The third kappa shape index (κ3) is 3.23. The summed E-state index contributed by atoms with van der Waals surface area (Å²) in [6, 6.07) is 18.4. The predicted octanol–water partition coefficient (Wildman–Crippen LogP) is 3.93. The van der Waals surface area contributed by atoms with Gasteiger partial charge in [0.2, 0.25) is 0 Å². The number of para-hydroxylation sites is 1. The SMILES string of the molecule is OCc1ccc(CSc2nnc(C3CC3)n2-c2ccccc2)cc1. The van der Waals surface area contributed by atoms with E-state index in [0.29, 0.717) is 5.92 Å². The van der Waals surface area contributed by atoms with Gasteiger partial charge in [-0.05, 0) is 36.1 Å². The molecule has 4 rings (SSSR count). The van der Waals surface area contributed by atoms with Gasteiger partial charge in [0.25, 0.3) is 0 Å². The molecule has 1 aromatic heterocycles. The molecule has 0 unspecified atom stereocenters. The van der Waals surface area contributed by atoms with Crippen molar-refractivity contribution in [3.8, 4) is 5.69 Å². The number of hydrogen-bond donors (Lipinski definition) is 1. The maximum Gasteiger partial charge on any atom is 0.196 e. The second-order valence-electron chi connectivity index (χ2n) is 6.05. The van der Waals surface area contributed by atoms with Crippen LogP contribution in [0.15, 0.2) is 59.8 Å². The van der Waals surface area contributed by atoms with E-state index in [1.54, 1.807) is 11.8 Å². The minimum absolute atomic E-state index is 0.0838.